The van der Waals surface area contributed by atoms with Crippen LogP contribution >= 0.6 is 0 Å². The molecular weight excluding hydrogens is 416 g/mol. The van der Waals surface area contributed by atoms with Gasteiger partial charge in [-0.15, -0.1) is 0 Å². The minimum absolute atomic E-state index is 0.224. The van der Waals surface area contributed by atoms with E-state index >= 15 is 0 Å². The van der Waals surface area contributed by atoms with Gasteiger partial charge >= 0.3 is 12.4 Å². The van der Waals surface area contributed by atoms with Crippen molar-refractivity contribution in [3.8, 4) is 6.07 Å². The highest BCUT2D eigenvalue weighted by Gasteiger charge is 2.41. The summed E-state index contributed by atoms with van der Waals surface area (Å²) >= 11 is 0. The summed E-state index contributed by atoms with van der Waals surface area (Å²) in [6.45, 7) is -0.344. The number of pyridine rings is 2. The summed E-state index contributed by atoms with van der Waals surface area (Å²) in [5, 5.41) is 11.3. The SMILES string of the molecule is N#Cc1c(C(F)(F)F)cc(C(F)(F)F)nc1NCC(=O)N1CCCc2ncccc21. The molecule has 0 radical (unpaired) electrons. The van der Waals surface area contributed by atoms with Crippen LogP contribution in [0.2, 0.25) is 0 Å². The minimum atomic E-state index is -5.22. The summed E-state index contributed by atoms with van der Waals surface area (Å²) in [5.41, 5.74) is -3.55. The molecule has 0 aromatic carbocycles. The number of amides is 1. The molecule has 0 saturated carbocycles. The Labute approximate surface area is 166 Å². The smallest absolute Gasteiger partial charge is 0.360 e. The van der Waals surface area contributed by atoms with Crippen molar-refractivity contribution in [1.82, 2.24) is 9.97 Å². The number of halogens is 6. The molecule has 0 spiro atoms. The normalized spacial score (nSPS) is 14.1. The van der Waals surface area contributed by atoms with Crippen LogP contribution in [0.15, 0.2) is 24.4 Å². The zero-order valence-corrected chi connectivity index (χ0v) is 15.1. The van der Waals surface area contributed by atoms with E-state index in [0.717, 1.165) is 0 Å². The van der Waals surface area contributed by atoms with E-state index in [-0.39, 0.29) is 6.07 Å². The van der Waals surface area contributed by atoms with E-state index in [1.165, 1.54) is 11.0 Å². The van der Waals surface area contributed by atoms with Crippen LogP contribution in [0.5, 0.6) is 0 Å². The molecule has 0 bridgehead atoms. The van der Waals surface area contributed by atoms with E-state index in [9.17, 15) is 31.1 Å². The Morgan fingerprint density at radius 1 is 1.23 bits per heavy atom. The van der Waals surface area contributed by atoms with Gasteiger partial charge in [0.15, 0.2) is 0 Å². The fraction of sp³-hybridized carbons (Fsp3) is 0.333. The number of nitrogens with one attached hydrogen (secondary N) is 1. The Bertz CT molecular complexity index is 1010. The lowest BCUT2D eigenvalue weighted by Gasteiger charge is -2.28. The molecule has 0 saturated heterocycles. The van der Waals surface area contributed by atoms with Crippen molar-refractivity contribution in [2.24, 2.45) is 0 Å². The molecule has 1 N–H and O–H groups in total. The number of carbonyl (C=O) groups is 1. The van der Waals surface area contributed by atoms with E-state index in [4.69, 9.17) is 5.26 Å². The average molecular weight is 429 g/mol. The Kier molecular flexibility index (Phi) is 5.56. The van der Waals surface area contributed by atoms with Crippen molar-refractivity contribution in [2.75, 3.05) is 23.3 Å². The van der Waals surface area contributed by atoms with Gasteiger partial charge in [-0.05, 0) is 31.0 Å². The second-order valence-corrected chi connectivity index (χ2v) is 6.36. The number of hydrogen-bond acceptors (Lipinski definition) is 5. The quantitative estimate of drug-likeness (QED) is 0.752. The number of nitrogens with zero attached hydrogens (tertiary/aromatic N) is 4. The lowest BCUT2D eigenvalue weighted by molar-refractivity contribution is -0.145. The third-order valence-corrected chi connectivity index (χ3v) is 4.39. The molecule has 12 heteroatoms. The number of fused-ring (bicyclic) bond motifs is 1. The highest BCUT2D eigenvalue weighted by Crippen LogP contribution is 2.38. The summed E-state index contributed by atoms with van der Waals surface area (Å²) in [6, 6.07) is 4.25. The van der Waals surface area contributed by atoms with Crippen molar-refractivity contribution in [3.05, 3.63) is 46.9 Å². The molecule has 0 atom stereocenters. The van der Waals surface area contributed by atoms with Crippen LogP contribution in [0.4, 0.5) is 37.8 Å². The molecule has 1 aliphatic heterocycles. The van der Waals surface area contributed by atoms with Crippen LogP contribution in [0, 0.1) is 11.3 Å². The number of hydrogen-bond donors (Lipinski definition) is 1. The molecular formula is C18H13F6N5O. The van der Waals surface area contributed by atoms with E-state index in [1.54, 1.807) is 18.3 Å². The third-order valence-electron chi connectivity index (χ3n) is 4.39. The highest BCUT2D eigenvalue weighted by molar-refractivity contribution is 5.97. The summed E-state index contributed by atoms with van der Waals surface area (Å²) in [6.07, 6.45) is -7.61. The Morgan fingerprint density at radius 3 is 2.60 bits per heavy atom. The van der Waals surface area contributed by atoms with E-state index in [1.807, 2.05) is 0 Å². The number of alkyl halides is 6. The predicted molar refractivity (Wildman–Crippen MR) is 92.4 cm³/mol. The van der Waals surface area contributed by atoms with Gasteiger partial charge in [-0.1, -0.05) is 0 Å². The zero-order valence-electron chi connectivity index (χ0n) is 15.1. The predicted octanol–water partition coefficient (Wildman–Crippen LogP) is 3.78. The first-order chi connectivity index (χ1) is 14.0. The van der Waals surface area contributed by atoms with Gasteiger partial charge in [0.25, 0.3) is 0 Å². The van der Waals surface area contributed by atoms with E-state index in [2.05, 4.69) is 15.3 Å². The number of nitriles is 1. The largest absolute Gasteiger partial charge is 0.433 e. The van der Waals surface area contributed by atoms with Crippen LogP contribution in [-0.2, 0) is 23.6 Å². The summed E-state index contributed by atoms with van der Waals surface area (Å²) in [4.78, 5) is 21.2. The Balaban J connectivity index is 1.92. The van der Waals surface area contributed by atoms with Gasteiger partial charge in [0.05, 0.1) is 23.5 Å². The molecule has 0 fully saturated rings. The van der Waals surface area contributed by atoms with Crippen molar-refractivity contribution >= 4 is 17.4 Å². The Hall–Kier alpha value is -3.36. The van der Waals surface area contributed by atoms with Gasteiger partial charge in [0, 0.05) is 12.7 Å². The summed E-state index contributed by atoms with van der Waals surface area (Å²) < 4.78 is 78.6. The van der Waals surface area contributed by atoms with Crippen molar-refractivity contribution in [1.29, 1.82) is 5.26 Å². The molecule has 3 heterocycles. The first-order valence-corrected chi connectivity index (χ1v) is 8.60. The first-order valence-electron chi connectivity index (χ1n) is 8.60. The van der Waals surface area contributed by atoms with Gasteiger partial charge in [-0.25, -0.2) is 4.98 Å². The van der Waals surface area contributed by atoms with Crippen molar-refractivity contribution < 1.29 is 31.1 Å². The fourth-order valence-corrected chi connectivity index (χ4v) is 3.06. The second-order valence-electron chi connectivity index (χ2n) is 6.36. The summed E-state index contributed by atoms with van der Waals surface area (Å²) in [7, 11) is 0. The number of anilines is 2. The molecule has 30 heavy (non-hydrogen) atoms. The molecule has 0 unspecified atom stereocenters. The van der Waals surface area contributed by atoms with Crippen molar-refractivity contribution in [3.63, 3.8) is 0 Å². The van der Waals surface area contributed by atoms with Gasteiger partial charge in [-0.2, -0.15) is 31.6 Å². The first kappa shape index (κ1) is 21.4. The molecule has 2 aromatic heterocycles. The van der Waals surface area contributed by atoms with Crippen LogP contribution in [0.1, 0.15) is 28.9 Å². The second kappa shape index (κ2) is 7.81. The van der Waals surface area contributed by atoms with Crippen LogP contribution in [0.25, 0.3) is 0 Å². The Morgan fingerprint density at radius 2 is 1.97 bits per heavy atom. The van der Waals surface area contributed by atoms with E-state index < -0.39 is 47.4 Å². The maximum absolute atomic E-state index is 13.2. The molecule has 2 aromatic rings. The third kappa shape index (κ3) is 4.29. The average Bonchev–Trinajstić information content (AvgIpc) is 2.69. The monoisotopic (exact) mass is 429 g/mol. The fourth-order valence-electron chi connectivity index (χ4n) is 3.06. The molecule has 1 aliphatic rings. The van der Waals surface area contributed by atoms with Gasteiger partial charge in [0.1, 0.15) is 23.1 Å². The molecule has 0 aliphatic carbocycles. The highest BCUT2D eigenvalue weighted by atomic mass is 19.4. The lowest BCUT2D eigenvalue weighted by atomic mass is 10.1. The molecule has 3 rings (SSSR count). The number of aryl methyl sites for hydroxylation is 1. The molecule has 158 valence electrons. The molecule has 6 nitrogen and oxygen atoms in total. The standard InChI is InChI=1S/C18H13F6N5O/c19-17(20,21)11-7-14(18(22,23)24)28-16(10(11)8-25)27-9-15(30)29-6-2-3-12-13(29)4-1-5-26-12/h1,4-5,7H,2-3,6,9H2,(H,27,28). The lowest BCUT2D eigenvalue weighted by Crippen LogP contribution is -2.39. The maximum Gasteiger partial charge on any atom is 0.433 e. The van der Waals surface area contributed by atoms with Crippen LogP contribution < -0.4 is 10.2 Å². The number of carbonyl (C=O) groups excluding carboxylic acids is 1. The van der Waals surface area contributed by atoms with Gasteiger partial charge in [0.2, 0.25) is 5.91 Å². The maximum atomic E-state index is 13.2. The van der Waals surface area contributed by atoms with Gasteiger partial charge in [-0.3, -0.25) is 9.78 Å². The van der Waals surface area contributed by atoms with Crippen LogP contribution in [-0.4, -0.2) is 29.0 Å². The number of rotatable bonds is 3. The van der Waals surface area contributed by atoms with Gasteiger partial charge < -0.3 is 10.2 Å². The van der Waals surface area contributed by atoms with Crippen molar-refractivity contribution in [2.45, 2.75) is 25.2 Å². The summed E-state index contributed by atoms with van der Waals surface area (Å²) in [5.74, 6) is -1.57. The molecule has 1 amide bonds. The topological polar surface area (TPSA) is 81.9 Å². The van der Waals surface area contributed by atoms with E-state index in [0.29, 0.717) is 30.8 Å². The number of aromatic nitrogens is 2. The minimum Gasteiger partial charge on any atom is -0.360 e. The zero-order chi connectivity index (χ0) is 22.1. The van der Waals surface area contributed by atoms with Crippen LogP contribution in [0.3, 0.4) is 0 Å².